The van der Waals surface area contributed by atoms with Crippen LogP contribution in [-0.2, 0) is 6.42 Å². The molecule has 24 heavy (non-hydrogen) atoms. The summed E-state index contributed by atoms with van der Waals surface area (Å²) in [7, 11) is 0. The van der Waals surface area contributed by atoms with Crippen LogP contribution >= 0.6 is 0 Å². The molecule has 0 radical (unpaired) electrons. The Morgan fingerprint density at radius 2 is 1.79 bits per heavy atom. The average molecular weight is 322 g/mol. The fourth-order valence-electron chi connectivity index (χ4n) is 2.50. The van der Waals surface area contributed by atoms with Gasteiger partial charge in [0.25, 0.3) is 0 Å². The molecule has 0 fully saturated rings. The minimum absolute atomic E-state index is 0.0354. The first-order chi connectivity index (χ1) is 11.6. The Bertz CT molecular complexity index is 777. The van der Waals surface area contributed by atoms with Crippen LogP contribution in [0.5, 0.6) is 5.75 Å². The van der Waals surface area contributed by atoms with Crippen molar-refractivity contribution in [1.29, 1.82) is 0 Å². The summed E-state index contributed by atoms with van der Waals surface area (Å²) >= 11 is 0. The smallest absolute Gasteiger partial charge is 0.226 e. The average Bonchev–Trinajstić information content (AvgIpc) is 2.97. The summed E-state index contributed by atoms with van der Waals surface area (Å²) < 4.78 is 11.6. The SMILES string of the molecule is Cc1oc(-c2ccccc2)nc1CCOc1ccc(C(C)N)cc1. The lowest BCUT2D eigenvalue weighted by molar-refractivity contribution is 0.320. The molecule has 0 spiro atoms. The van der Waals surface area contributed by atoms with Gasteiger partial charge in [0.1, 0.15) is 11.5 Å². The van der Waals surface area contributed by atoms with Crippen molar-refractivity contribution in [2.75, 3.05) is 6.61 Å². The maximum atomic E-state index is 5.85. The standard InChI is InChI=1S/C20H22N2O2/c1-14(21)16-8-10-18(11-9-16)23-13-12-19-15(2)24-20(22-19)17-6-4-3-5-7-17/h3-11,14H,12-13,21H2,1-2H3. The van der Waals surface area contributed by atoms with Crippen LogP contribution in [0.25, 0.3) is 11.5 Å². The largest absolute Gasteiger partial charge is 0.493 e. The van der Waals surface area contributed by atoms with Gasteiger partial charge in [0.2, 0.25) is 5.89 Å². The molecule has 124 valence electrons. The van der Waals surface area contributed by atoms with Crippen LogP contribution < -0.4 is 10.5 Å². The number of hydrogen-bond acceptors (Lipinski definition) is 4. The summed E-state index contributed by atoms with van der Waals surface area (Å²) in [6.07, 6.45) is 0.706. The normalized spacial score (nSPS) is 12.1. The zero-order valence-electron chi connectivity index (χ0n) is 14.0. The van der Waals surface area contributed by atoms with E-state index in [1.54, 1.807) is 0 Å². The molecule has 0 saturated heterocycles. The molecule has 2 aromatic carbocycles. The van der Waals surface area contributed by atoms with Gasteiger partial charge >= 0.3 is 0 Å². The van der Waals surface area contributed by atoms with Crippen LogP contribution in [0.15, 0.2) is 59.0 Å². The third-order valence-corrected chi connectivity index (χ3v) is 3.93. The molecule has 3 aromatic rings. The Kier molecular flexibility index (Phi) is 4.96. The van der Waals surface area contributed by atoms with Crippen molar-refractivity contribution in [3.63, 3.8) is 0 Å². The lowest BCUT2D eigenvalue weighted by atomic mass is 10.1. The number of ether oxygens (including phenoxy) is 1. The summed E-state index contributed by atoms with van der Waals surface area (Å²) in [6, 6.07) is 17.8. The molecule has 0 bridgehead atoms. The van der Waals surface area contributed by atoms with E-state index in [0.717, 1.165) is 28.3 Å². The van der Waals surface area contributed by atoms with E-state index in [9.17, 15) is 0 Å². The quantitative estimate of drug-likeness (QED) is 0.735. The monoisotopic (exact) mass is 322 g/mol. The van der Waals surface area contributed by atoms with Crippen LogP contribution in [-0.4, -0.2) is 11.6 Å². The van der Waals surface area contributed by atoms with Gasteiger partial charge < -0.3 is 14.9 Å². The van der Waals surface area contributed by atoms with Crippen molar-refractivity contribution in [2.24, 2.45) is 5.73 Å². The first-order valence-electron chi connectivity index (χ1n) is 8.13. The maximum Gasteiger partial charge on any atom is 0.226 e. The van der Waals surface area contributed by atoms with Crippen LogP contribution in [0, 0.1) is 6.92 Å². The van der Waals surface area contributed by atoms with E-state index in [1.807, 2.05) is 68.4 Å². The Morgan fingerprint density at radius 3 is 2.46 bits per heavy atom. The summed E-state index contributed by atoms with van der Waals surface area (Å²) in [5.41, 5.74) is 8.86. The maximum absolute atomic E-state index is 5.85. The van der Waals surface area contributed by atoms with Gasteiger partial charge in [0, 0.05) is 18.0 Å². The first kappa shape index (κ1) is 16.3. The predicted octanol–water partition coefficient (Wildman–Crippen LogP) is 4.29. The third-order valence-electron chi connectivity index (χ3n) is 3.93. The lowest BCUT2D eigenvalue weighted by Crippen LogP contribution is -2.05. The Labute approximate surface area is 142 Å². The minimum Gasteiger partial charge on any atom is -0.493 e. The van der Waals surface area contributed by atoms with Crippen LogP contribution in [0.1, 0.15) is 30.0 Å². The van der Waals surface area contributed by atoms with E-state index in [1.165, 1.54) is 0 Å². The molecule has 1 atom stereocenters. The number of rotatable bonds is 6. The van der Waals surface area contributed by atoms with Gasteiger partial charge in [-0.2, -0.15) is 0 Å². The molecule has 1 heterocycles. The van der Waals surface area contributed by atoms with Gasteiger partial charge in [-0.3, -0.25) is 0 Å². The number of aromatic nitrogens is 1. The molecule has 0 saturated carbocycles. The number of nitrogens with two attached hydrogens (primary N) is 1. The summed E-state index contributed by atoms with van der Waals surface area (Å²) in [4.78, 5) is 4.59. The van der Waals surface area contributed by atoms with E-state index >= 15 is 0 Å². The molecule has 3 rings (SSSR count). The predicted molar refractivity (Wildman–Crippen MR) is 94.9 cm³/mol. The van der Waals surface area contributed by atoms with Gasteiger partial charge in [0.05, 0.1) is 12.3 Å². The topological polar surface area (TPSA) is 61.3 Å². The number of nitrogens with zero attached hydrogens (tertiary/aromatic N) is 1. The third kappa shape index (κ3) is 3.84. The molecule has 1 aromatic heterocycles. The highest BCUT2D eigenvalue weighted by Gasteiger charge is 2.11. The molecule has 0 aliphatic rings. The number of aryl methyl sites for hydroxylation is 1. The summed E-state index contributed by atoms with van der Waals surface area (Å²) in [6.45, 7) is 4.46. The second-order valence-electron chi connectivity index (χ2n) is 5.84. The highest BCUT2D eigenvalue weighted by Crippen LogP contribution is 2.22. The van der Waals surface area contributed by atoms with Gasteiger partial charge in [-0.25, -0.2) is 4.98 Å². The minimum atomic E-state index is 0.0354. The highest BCUT2D eigenvalue weighted by molar-refractivity contribution is 5.53. The van der Waals surface area contributed by atoms with Crippen molar-refractivity contribution >= 4 is 0 Å². The van der Waals surface area contributed by atoms with Crippen molar-refractivity contribution in [3.8, 4) is 17.2 Å². The van der Waals surface area contributed by atoms with Crippen molar-refractivity contribution in [3.05, 3.63) is 71.6 Å². The van der Waals surface area contributed by atoms with Crippen molar-refractivity contribution in [1.82, 2.24) is 4.98 Å². The Balaban J connectivity index is 1.60. The van der Waals surface area contributed by atoms with Crippen LogP contribution in [0.2, 0.25) is 0 Å². The van der Waals surface area contributed by atoms with Crippen LogP contribution in [0.4, 0.5) is 0 Å². The van der Waals surface area contributed by atoms with Crippen LogP contribution in [0.3, 0.4) is 0 Å². The van der Waals surface area contributed by atoms with E-state index < -0.39 is 0 Å². The van der Waals surface area contributed by atoms with Gasteiger partial charge in [-0.05, 0) is 43.7 Å². The number of benzene rings is 2. The van der Waals surface area contributed by atoms with Gasteiger partial charge in [-0.1, -0.05) is 30.3 Å². The van der Waals surface area contributed by atoms with E-state index in [0.29, 0.717) is 18.9 Å². The lowest BCUT2D eigenvalue weighted by Gasteiger charge is -2.08. The molecule has 1 unspecified atom stereocenters. The molecule has 0 amide bonds. The molecular formula is C20H22N2O2. The molecular weight excluding hydrogens is 300 g/mol. The molecule has 4 nitrogen and oxygen atoms in total. The number of hydrogen-bond donors (Lipinski definition) is 1. The molecule has 2 N–H and O–H groups in total. The summed E-state index contributed by atoms with van der Waals surface area (Å²) in [5, 5.41) is 0. The van der Waals surface area contributed by atoms with Gasteiger partial charge in [0.15, 0.2) is 0 Å². The molecule has 0 aliphatic carbocycles. The zero-order valence-corrected chi connectivity index (χ0v) is 14.0. The first-order valence-corrected chi connectivity index (χ1v) is 8.13. The highest BCUT2D eigenvalue weighted by atomic mass is 16.5. The Morgan fingerprint density at radius 1 is 1.08 bits per heavy atom. The van der Waals surface area contributed by atoms with E-state index in [4.69, 9.17) is 14.9 Å². The fourth-order valence-corrected chi connectivity index (χ4v) is 2.50. The van der Waals surface area contributed by atoms with Gasteiger partial charge in [-0.15, -0.1) is 0 Å². The Hall–Kier alpha value is -2.59. The van der Waals surface area contributed by atoms with E-state index in [2.05, 4.69) is 4.98 Å². The van der Waals surface area contributed by atoms with Crippen molar-refractivity contribution in [2.45, 2.75) is 26.3 Å². The second kappa shape index (κ2) is 7.32. The van der Waals surface area contributed by atoms with Crippen molar-refractivity contribution < 1.29 is 9.15 Å². The second-order valence-corrected chi connectivity index (χ2v) is 5.84. The number of oxazole rings is 1. The summed E-state index contributed by atoms with van der Waals surface area (Å²) in [5.74, 6) is 2.33. The van der Waals surface area contributed by atoms with E-state index in [-0.39, 0.29) is 6.04 Å². The fraction of sp³-hybridized carbons (Fsp3) is 0.250. The molecule has 0 aliphatic heterocycles. The molecule has 4 heteroatoms. The zero-order chi connectivity index (χ0) is 16.9.